The molecule has 0 amide bonds. The Morgan fingerprint density at radius 1 is 1.29 bits per heavy atom. The van der Waals surface area contributed by atoms with Gasteiger partial charge in [0, 0.05) is 23.5 Å². The number of hydrogen-bond donors (Lipinski definition) is 2. The van der Waals surface area contributed by atoms with Crippen molar-refractivity contribution < 1.29 is 4.42 Å². The molecule has 0 fully saturated rings. The monoisotopic (exact) mass is 188 g/mol. The first-order chi connectivity index (χ1) is 6.84. The van der Waals surface area contributed by atoms with Crippen molar-refractivity contribution in [1.82, 2.24) is 0 Å². The Kier molecular flexibility index (Phi) is 2.40. The SMILES string of the molecule is Nc1cccc(NCc2ccoc2)c1. The number of anilines is 2. The molecule has 0 aliphatic heterocycles. The van der Waals surface area contributed by atoms with Crippen LogP contribution in [0.2, 0.25) is 0 Å². The Balaban J connectivity index is 1.98. The molecule has 14 heavy (non-hydrogen) atoms. The fourth-order valence-corrected chi connectivity index (χ4v) is 1.25. The first kappa shape index (κ1) is 8.69. The van der Waals surface area contributed by atoms with E-state index in [0.717, 1.165) is 23.5 Å². The zero-order valence-electron chi connectivity index (χ0n) is 7.73. The minimum absolute atomic E-state index is 0.750. The molecule has 0 saturated carbocycles. The van der Waals surface area contributed by atoms with Gasteiger partial charge in [-0.1, -0.05) is 6.07 Å². The molecule has 2 aromatic rings. The van der Waals surface area contributed by atoms with Gasteiger partial charge in [0.2, 0.25) is 0 Å². The highest BCUT2D eigenvalue weighted by molar-refractivity contribution is 5.54. The van der Waals surface area contributed by atoms with Gasteiger partial charge in [0.1, 0.15) is 0 Å². The van der Waals surface area contributed by atoms with Crippen molar-refractivity contribution in [3.05, 3.63) is 48.4 Å². The van der Waals surface area contributed by atoms with Gasteiger partial charge in [0.15, 0.2) is 0 Å². The third-order valence-corrected chi connectivity index (χ3v) is 1.96. The van der Waals surface area contributed by atoms with Crippen LogP contribution in [0.1, 0.15) is 5.56 Å². The third kappa shape index (κ3) is 2.07. The van der Waals surface area contributed by atoms with Crippen molar-refractivity contribution in [2.75, 3.05) is 11.1 Å². The highest BCUT2D eigenvalue weighted by atomic mass is 16.3. The maximum atomic E-state index is 5.65. The fourth-order valence-electron chi connectivity index (χ4n) is 1.25. The molecule has 0 saturated heterocycles. The van der Waals surface area contributed by atoms with Crippen LogP contribution in [0.15, 0.2) is 47.3 Å². The summed E-state index contributed by atoms with van der Waals surface area (Å²) in [5.41, 5.74) is 8.55. The maximum Gasteiger partial charge on any atom is 0.0952 e. The second-order valence-corrected chi connectivity index (χ2v) is 3.11. The maximum absolute atomic E-state index is 5.65. The van der Waals surface area contributed by atoms with Gasteiger partial charge in [0.05, 0.1) is 12.5 Å². The standard InChI is InChI=1S/C11H12N2O/c12-10-2-1-3-11(6-10)13-7-9-4-5-14-8-9/h1-6,8,13H,7,12H2. The second-order valence-electron chi connectivity index (χ2n) is 3.11. The molecule has 1 aromatic heterocycles. The number of rotatable bonds is 3. The second kappa shape index (κ2) is 3.87. The lowest BCUT2D eigenvalue weighted by Gasteiger charge is -2.04. The van der Waals surface area contributed by atoms with E-state index in [0.29, 0.717) is 0 Å². The van der Waals surface area contributed by atoms with E-state index in [9.17, 15) is 0 Å². The molecule has 0 atom stereocenters. The van der Waals surface area contributed by atoms with E-state index in [1.54, 1.807) is 12.5 Å². The Morgan fingerprint density at radius 2 is 2.21 bits per heavy atom. The molecular formula is C11H12N2O. The van der Waals surface area contributed by atoms with Crippen LogP contribution in [0, 0.1) is 0 Å². The van der Waals surface area contributed by atoms with Crippen LogP contribution in [0.5, 0.6) is 0 Å². The van der Waals surface area contributed by atoms with Crippen molar-refractivity contribution in [2.45, 2.75) is 6.54 Å². The molecule has 0 unspecified atom stereocenters. The van der Waals surface area contributed by atoms with Gasteiger partial charge < -0.3 is 15.5 Å². The minimum atomic E-state index is 0.750. The molecule has 3 nitrogen and oxygen atoms in total. The topological polar surface area (TPSA) is 51.2 Å². The average Bonchev–Trinajstić information content (AvgIpc) is 2.67. The summed E-state index contributed by atoms with van der Waals surface area (Å²) in [5.74, 6) is 0. The molecule has 0 bridgehead atoms. The van der Waals surface area contributed by atoms with Crippen LogP contribution in [0.4, 0.5) is 11.4 Å². The van der Waals surface area contributed by atoms with Crippen molar-refractivity contribution >= 4 is 11.4 Å². The average molecular weight is 188 g/mol. The summed E-state index contributed by atoms with van der Waals surface area (Å²) < 4.78 is 4.96. The Morgan fingerprint density at radius 3 is 2.93 bits per heavy atom. The van der Waals surface area contributed by atoms with Gasteiger partial charge in [0.25, 0.3) is 0 Å². The van der Waals surface area contributed by atoms with Gasteiger partial charge in [-0.3, -0.25) is 0 Å². The summed E-state index contributed by atoms with van der Waals surface area (Å²) >= 11 is 0. The van der Waals surface area contributed by atoms with E-state index in [1.807, 2.05) is 30.3 Å². The predicted molar refractivity (Wildman–Crippen MR) is 56.9 cm³/mol. The molecule has 0 radical (unpaired) electrons. The van der Waals surface area contributed by atoms with Gasteiger partial charge in [-0.05, 0) is 24.3 Å². The lowest BCUT2D eigenvalue weighted by atomic mass is 10.2. The number of nitrogens with two attached hydrogens (primary N) is 1. The number of benzene rings is 1. The molecule has 0 aliphatic carbocycles. The summed E-state index contributed by atoms with van der Waals surface area (Å²) in [7, 11) is 0. The summed E-state index contributed by atoms with van der Waals surface area (Å²) in [6.45, 7) is 0.750. The quantitative estimate of drug-likeness (QED) is 0.727. The number of nitrogen functional groups attached to an aromatic ring is 1. The first-order valence-electron chi connectivity index (χ1n) is 4.45. The summed E-state index contributed by atoms with van der Waals surface area (Å²) in [5, 5.41) is 3.25. The smallest absolute Gasteiger partial charge is 0.0952 e. The molecule has 0 aliphatic rings. The van der Waals surface area contributed by atoms with E-state index < -0.39 is 0 Å². The first-order valence-corrected chi connectivity index (χ1v) is 4.45. The Hall–Kier alpha value is -1.90. The van der Waals surface area contributed by atoms with Gasteiger partial charge in [-0.15, -0.1) is 0 Å². The van der Waals surface area contributed by atoms with Crippen molar-refractivity contribution in [1.29, 1.82) is 0 Å². The normalized spacial score (nSPS) is 10.0. The van der Waals surface area contributed by atoms with E-state index in [-0.39, 0.29) is 0 Å². The summed E-state index contributed by atoms with van der Waals surface area (Å²) in [6, 6.07) is 9.60. The number of hydrogen-bond acceptors (Lipinski definition) is 3. The molecule has 2 rings (SSSR count). The zero-order chi connectivity index (χ0) is 9.80. The zero-order valence-corrected chi connectivity index (χ0v) is 7.73. The number of furan rings is 1. The van der Waals surface area contributed by atoms with E-state index in [2.05, 4.69) is 5.32 Å². The fraction of sp³-hybridized carbons (Fsp3) is 0.0909. The summed E-state index contributed by atoms with van der Waals surface area (Å²) in [6.07, 6.45) is 3.38. The molecule has 1 heterocycles. The number of nitrogens with one attached hydrogen (secondary N) is 1. The van der Waals surface area contributed by atoms with E-state index >= 15 is 0 Å². The van der Waals surface area contributed by atoms with Gasteiger partial charge >= 0.3 is 0 Å². The molecule has 72 valence electrons. The summed E-state index contributed by atoms with van der Waals surface area (Å²) in [4.78, 5) is 0. The van der Waals surface area contributed by atoms with Crippen LogP contribution in [-0.4, -0.2) is 0 Å². The Labute approximate surface area is 82.5 Å². The largest absolute Gasteiger partial charge is 0.472 e. The molecule has 3 heteroatoms. The van der Waals surface area contributed by atoms with Crippen molar-refractivity contribution in [2.24, 2.45) is 0 Å². The minimum Gasteiger partial charge on any atom is -0.472 e. The molecular weight excluding hydrogens is 176 g/mol. The third-order valence-electron chi connectivity index (χ3n) is 1.96. The molecule has 3 N–H and O–H groups in total. The highest BCUT2D eigenvalue weighted by Crippen LogP contribution is 2.13. The van der Waals surface area contributed by atoms with Crippen molar-refractivity contribution in [3.8, 4) is 0 Å². The van der Waals surface area contributed by atoms with Crippen LogP contribution in [0.3, 0.4) is 0 Å². The highest BCUT2D eigenvalue weighted by Gasteiger charge is 1.95. The lowest BCUT2D eigenvalue weighted by Crippen LogP contribution is -1.98. The van der Waals surface area contributed by atoms with Crippen LogP contribution >= 0.6 is 0 Å². The van der Waals surface area contributed by atoms with Crippen LogP contribution in [0.25, 0.3) is 0 Å². The van der Waals surface area contributed by atoms with Crippen LogP contribution in [-0.2, 0) is 6.54 Å². The molecule has 1 aromatic carbocycles. The van der Waals surface area contributed by atoms with Gasteiger partial charge in [-0.25, -0.2) is 0 Å². The van der Waals surface area contributed by atoms with E-state index in [1.165, 1.54) is 0 Å². The predicted octanol–water partition coefficient (Wildman–Crippen LogP) is 2.47. The van der Waals surface area contributed by atoms with Gasteiger partial charge in [-0.2, -0.15) is 0 Å². The Bertz CT molecular complexity index is 395. The van der Waals surface area contributed by atoms with Crippen molar-refractivity contribution in [3.63, 3.8) is 0 Å². The van der Waals surface area contributed by atoms with Crippen LogP contribution < -0.4 is 11.1 Å². The molecule has 0 spiro atoms. The van der Waals surface area contributed by atoms with E-state index in [4.69, 9.17) is 10.2 Å². The lowest BCUT2D eigenvalue weighted by molar-refractivity contribution is 0.564.